The molecule has 1 aromatic heterocycles. The van der Waals surface area contributed by atoms with Crippen LogP contribution in [0.5, 0.6) is 5.75 Å². The van der Waals surface area contributed by atoms with Crippen molar-refractivity contribution in [2.75, 3.05) is 0 Å². The van der Waals surface area contributed by atoms with Crippen molar-refractivity contribution in [3.63, 3.8) is 0 Å². The lowest BCUT2D eigenvalue weighted by molar-refractivity contribution is 0.471. The number of hydrogen-bond acceptors (Lipinski definition) is 4. The predicted octanol–water partition coefficient (Wildman–Crippen LogP) is 5.29. The van der Waals surface area contributed by atoms with E-state index in [1.165, 1.54) is 10.9 Å². The first-order valence-electron chi connectivity index (χ1n) is 7.72. The van der Waals surface area contributed by atoms with E-state index in [9.17, 15) is 9.90 Å². The summed E-state index contributed by atoms with van der Waals surface area (Å²) in [5, 5.41) is 15.3. The molecule has 1 N–H and O–H groups in total. The van der Waals surface area contributed by atoms with Gasteiger partial charge in [0, 0.05) is 21.0 Å². The van der Waals surface area contributed by atoms with Crippen molar-refractivity contribution >= 4 is 60.6 Å². The number of nitrogens with zero attached hydrogens (tertiary/aromatic N) is 3. The zero-order chi connectivity index (χ0) is 19.0. The molecule has 0 atom stereocenters. The lowest BCUT2D eigenvalue weighted by atomic mass is 10.2. The van der Waals surface area contributed by atoms with Gasteiger partial charge in [-0.25, -0.2) is 4.98 Å². The van der Waals surface area contributed by atoms with Gasteiger partial charge in [0.2, 0.25) is 0 Å². The standard InChI is InChI=1S/C18H14Br2ClN3O2/c1-9(2)17-23-15-4-3-11(19)6-13(15)18(26)24(17)22-8-10-5-12(21)7-14(20)16(10)25/h3-9,25H,1-2H3. The number of aromatic hydroxyl groups is 1. The summed E-state index contributed by atoms with van der Waals surface area (Å²) in [6, 6.07) is 8.49. The second-order valence-electron chi connectivity index (χ2n) is 5.97. The molecule has 0 aliphatic carbocycles. The van der Waals surface area contributed by atoms with Gasteiger partial charge in [-0.05, 0) is 46.3 Å². The minimum Gasteiger partial charge on any atom is -0.506 e. The summed E-state index contributed by atoms with van der Waals surface area (Å²) in [5.74, 6) is 0.503. The molecule has 0 saturated heterocycles. The first kappa shape index (κ1) is 19.1. The highest BCUT2D eigenvalue weighted by Gasteiger charge is 2.14. The van der Waals surface area contributed by atoms with Gasteiger partial charge in [0.15, 0.2) is 0 Å². The fourth-order valence-electron chi connectivity index (χ4n) is 2.46. The van der Waals surface area contributed by atoms with Crippen LogP contribution in [0.25, 0.3) is 10.9 Å². The van der Waals surface area contributed by atoms with Crippen molar-refractivity contribution in [1.82, 2.24) is 9.66 Å². The normalized spacial score (nSPS) is 11.8. The Morgan fingerprint density at radius 2 is 2.00 bits per heavy atom. The van der Waals surface area contributed by atoms with E-state index >= 15 is 0 Å². The Hall–Kier alpha value is -1.70. The average Bonchev–Trinajstić information content (AvgIpc) is 2.58. The van der Waals surface area contributed by atoms with E-state index in [4.69, 9.17) is 11.6 Å². The van der Waals surface area contributed by atoms with Crippen LogP contribution in [0.3, 0.4) is 0 Å². The monoisotopic (exact) mass is 497 g/mol. The lowest BCUT2D eigenvalue weighted by Gasteiger charge is -2.12. The number of phenols is 1. The van der Waals surface area contributed by atoms with Crippen LogP contribution in [0.15, 0.2) is 49.2 Å². The van der Waals surface area contributed by atoms with Gasteiger partial charge in [0.1, 0.15) is 11.6 Å². The lowest BCUT2D eigenvalue weighted by Crippen LogP contribution is -2.23. The van der Waals surface area contributed by atoms with Crippen LogP contribution < -0.4 is 5.56 Å². The number of halogens is 3. The van der Waals surface area contributed by atoms with Gasteiger partial charge < -0.3 is 5.11 Å². The number of phenolic OH excluding ortho intramolecular Hbond substituents is 1. The van der Waals surface area contributed by atoms with Crippen molar-refractivity contribution in [1.29, 1.82) is 0 Å². The maximum atomic E-state index is 12.9. The topological polar surface area (TPSA) is 67.5 Å². The third kappa shape index (κ3) is 3.70. The summed E-state index contributed by atoms with van der Waals surface area (Å²) in [6.45, 7) is 3.87. The predicted molar refractivity (Wildman–Crippen MR) is 112 cm³/mol. The quantitative estimate of drug-likeness (QED) is 0.498. The van der Waals surface area contributed by atoms with Crippen LogP contribution in [-0.4, -0.2) is 21.0 Å². The summed E-state index contributed by atoms with van der Waals surface area (Å²) < 4.78 is 2.49. The molecule has 0 amide bonds. The first-order valence-corrected chi connectivity index (χ1v) is 9.69. The van der Waals surface area contributed by atoms with E-state index in [0.717, 1.165) is 4.47 Å². The molecule has 2 aromatic carbocycles. The number of hydrogen-bond donors (Lipinski definition) is 1. The molecular weight excluding hydrogens is 485 g/mol. The van der Waals surface area contributed by atoms with Crippen molar-refractivity contribution < 1.29 is 5.11 Å². The van der Waals surface area contributed by atoms with Crippen molar-refractivity contribution in [2.24, 2.45) is 5.10 Å². The van der Waals surface area contributed by atoms with Gasteiger partial charge in [-0.1, -0.05) is 41.4 Å². The molecule has 0 unspecified atom stereocenters. The Kier molecular flexibility index (Phi) is 5.50. The van der Waals surface area contributed by atoms with Gasteiger partial charge >= 0.3 is 0 Å². The van der Waals surface area contributed by atoms with Gasteiger partial charge in [-0.15, -0.1) is 0 Å². The second-order valence-corrected chi connectivity index (χ2v) is 8.18. The van der Waals surface area contributed by atoms with Gasteiger partial charge in [0.05, 0.1) is 21.6 Å². The SMILES string of the molecule is CC(C)c1nc2ccc(Br)cc2c(=O)n1N=Cc1cc(Cl)cc(Br)c1O. The van der Waals surface area contributed by atoms with Gasteiger partial charge in [-0.3, -0.25) is 4.79 Å². The van der Waals surface area contributed by atoms with Crippen LogP contribution in [0.4, 0.5) is 0 Å². The van der Waals surface area contributed by atoms with E-state index in [1.807, 2.05) is 19.9 Å². The number of fused-ring (bicyclic) bond motifs is 1. The number of benzene rings is 2. The smallest absolute Gasteiger partial charge is 0.282 e. The Balaban J connectivity index is 2.22. The second kappa shape index (κ2) is 7.50. The Bertz CT molecular complexity index is 1090. The zero-order valence-electron chi connectivity index (χ0n) is 13.9. The molecule has 0 aliphatic heterocycles. The van der Waals surface area contributed by atoms with Crippen LogP contribution >= 0.6 is 43.5 Å². The molecule has 0 saturated carbocycles. The largest absolute Gasteiger partial charge is 0.506 e. The highest BCUT2D eigenvalue weighted by molar-refractivity contribution is 9.10. The van der Waals surface area contributed by atoms with E-state index in [2.05, 4.69) is 41.9 Å². The summed E-state index contributed by atoms with van der Waals surface area (Å²) in [5.41, 5.74) is 0.721. The molecule has 0 fully saturated rings. The van der Waals surface area contributed by atoms with E-state index < -0.39 is 0 Å². The van der Waals surface area contributed by atoms with Crippen molar-refractivity contribution in [3.05, 3.63) is 66.0 Å². The fraction of sp³-hybridized carbons (Fsp3) is 0.167. The molecule has 0 aliphatic rings. The summed E-state index contributed by atoms with van der Waals surface area (Å²) in [4.78, 5) is 17.5. The third-order valence-electron chi connectivity index (χ3n) is 3.72. The number of aromatic nitrogens is 2. The molecule has 3 rings (SSSR count). The van der Waals surface area contributed by atoms with E-state index in [0.29, 0.717) is 31.8 Å². The van der Waals surface area contributed by atoms with Crippen molar-refractivity contribution in [3.8, 4) is 5.75 Å². The molecule has 134 valence electrons. The summed E-state index contributed by atoms with van der Waals surface area (Å²) in [6.07, 6.45) is 1.39. The zero-order valence-corrected chi connectivity index (χ0v) is 17.8. The fourth-order valence-corrected chi connectivity index (χ4v) is 3.65. The molecule has 3 aromatic rings. The number of rotatable bonds is 3. The Morgan fingerprint density at radius 3 is 2.69 bits per heavy atom. The first-order chi connectivity index (χ1) is 12.3. The van der Waals surface area contributed by atoms with E-state index in [-0.39, 0.29) is 17.2 Å². The third-order valence-corrected chi connectivity index (χ3v) is 5.04. The molecule has 1 heterocycles. The average molecular weight is 500 g/mol. The molecule has 0 radical (unpaired) electrons. The van der Waals surface area contributed by atoms with Crippen LogP contribution in [0.1, 0.15) is 31.2 Å². The summed E-state index contributed by atoms with van der Waals surface area (Å²) in [7, 11) is 0. The van der Waals surface area contributed by atoms with Gasteiger partial charge in [-0.2, -0.15) is 9.78 Å². The molecule has 26 heavy (non-hydrogen) atoms. The highest BCUT2D eigenvalue weighted by Crippen LogP contribution is 2.30. The Morgan fingerprint density at radius 1 is 1.27 bits per heavy atom. The minimum atomic E-state index is -0.281. The highest BCUT2D eigenvalue weighted by atomic mass is 79.9. The van der Waals surface area contributed by atoms with Crippen molar-refractivity contribution in [2.45, 2.75) is 19.8 Å². The molecule has 8 heteroatoms. The minimum absolute atomic E-state index is 0.00575. The van der Waals surface area contributed by atoms with Gasteiger partial charge in [0.25, 0.3) is 5.56 Å². The summed E-state index contributed by atoms with van der Waals surface area (Å²) >= 11 is 12.6. The van der Waals surface area contributed by atoms with Crippen LogP contribution in [-0.2, 0) is 0 Å². The molecule has 5 nitrogen and oxygen atoms in total. The van der Waals surface area contributed by atoms with E-state index in [1.54, 1.807) is 24.3 Å². The Labute approximate surface area is 171 Å². The molecular formula is C18H14Br2ClN3O2. The van der Waals surface area contributed by atoms with Crippen LogP contribution in [0, 0.1) is 0 Å². The van der Waals surface area contributed by atoms with Crippen LogP contribution in [0.2, 0.25) is 5.02 Å². The maximum Gasteiger partial charge on any atom is 0.282 e. The molecule has 0 spiro atoms. The maximum absolute atomic E-state index is 12.9. The molecule has 0 bridgehead atoms.